The van der Waals surface area contributed by atoms with Crippen molar-refractivity contribution in [3.63, 3.8) is 0 Å². The van der Waals surface area contributed by atoms with E-state index in [0.717, 1.165) is 9.90 Å². The maximum absolute atomic E-state index is 12.9. The Balaban J connectivity index is 0.00000300. The van der Waals surface area contributed by atoms with Crippen LogP contribution in [-0.4, -0.2) is 39.8 Å². The van der Waals surface area contributed by atoms with Gasteiger partial charge < -0.3 is 31.4 Å². The van der Waals surface area contributed by atoms with E-state index < -0.39 is 5.97 Å². The van der Waals surface area contributed by atoms with Crippen molar-refractivity contribution in [2.24, 2.45) is 0 Å². The van der Waals surface area contributed by atoms with Crippen molar-refractivity contribution < 1.29 is 45.5 Å². The van der Waals surface area contributed by atoms with E-state index in [1.807, 2.05) is 0 Å². The molecule has 1 aliphatic rings. The summed E-state index contributed by atoms with van der Waals surface area (Å²) in [7, 11) is 4.61. The zero-order chi connectivity index (χ0) is 20.4. The number of esters is 1. The molecule has 1 aromatic heterocycles. The summed E-state index contributed by atoms with van der Waals surface area (Å²) in [6.45, 7) is 3.78. The van der Waals surface area contributed by atoms with Crippen molar-refractivity contribution in [3.05, 3.63) is 33.2 Å². The van der Waals surface area contributed by atoms with Gasteiger partial charge >= 0.3 is 16.2 Å². The molecular weight excluding hydrogens is 438 g/mol. The van der Waals surface area contributed by atoms with Crippen molar-refractivity contribution >= 4 is 41.1 Å². The third kappa shape index (κ3) is 4.22. The van der Waals surface area contributed by atoms with E-state index in [0.29, 0.717) is 39.3 Å². The second-order valence-electron chi connectivity index (χ2n) is 5.71. The van der Waals surface area contributed by atoms with Gasteiger partial charge in [0.1, 0.15) is 4.91 Å². The van der Waals surface area contributed by atoms with Crippen LogP contribution in [-0.2, 0) is 4.74 Å². The lowest BCUT2D eigenvalue weighted by Gasteiger charge is -2.12. The van der Waals surface area contributed by atoms with E-state index in [9.17, 15) is 9.59 Å². The van der Waals surface area contributed by atoms with Gasteiger partial charge in [-0.15, -0.1) is 4.57 Å². The van der Waals surface area contributed by atoms with Crippen molar-refractivity contribution in [1.82, 2.24) is 0 Å². The Morgan fingerprint density at radius 2 is 1.76 bits per heavy atom. The van der Waals surface area contributed by atoms with Crippen LogP contribution in [0.15, 0.2) is 21.4 Å². The minimum Gasteiger partial charge on any atom is -1.00 e. The molecule has 1 aromatic carbocycles. The number of rotatable bonds is 6. The largest absolute Gasteiger partial charge is 1.00 e. The van der Waals surface area contributed by atoms with Gasteiger partial charge in [-0.05, 0) is 42.0 Å². The predicted octanol–water partition coefficient (Wildman–Crippen LogP) is 0.338. The highest BCUT2D eigenvalue weighted by Gasteiger charge is 2.43. The van der Waals surface area contributed by atoms with E-state index in [-0.39, 0.29) is 18.3 Å². The fourth-order valence-electron chi connectivity index (χ4n) is 2.81. The molecule has 0 N–H and O–H groups in total. The van der Waals surface area contributed by atoms with E-state index in [1.54, 1.807) is 36.6 Å². The molecule has 29 heavy (non-hydrogen) atoms. The molecule has 2 aromatic rings. The first-order valence-electron chi connectivity index (χ1n) is 8.41. The smallest absolute Gasteiger partial charge is 0.433 e. The van der Waals surface area contributed by atoms with Gasteiger partial charge in [-0.3, -0.25) is 0 Å². The van der Waals surface area contributed by atoms with Crippen LogP contribution in [0, 0.1) is 6.92 Å². The number of methoxy groups -OCH3 is 3. The Morgan fingerprint density at radius 1 is 1.14 bits per heavy atom. The van der Waals surface area contributed by atoms with E-state index in [1.165, 1.54) is 44.4 Å². The van der Waals surface area contributed by atoms with Gasteiger partial charge in [-0.1, -0.05) is 0 Å². The molecule has 0 unspecified atom stereocenters. The van der Waals surface area contributed by atoms with Crippen LogP contribution in [0.4, 0.5) is 0 Å². The van der Waals surface area contributed by atoms with Gasteiger partial charge in [0.15, 0.2) is 16.4 Å². The third-order valence-electron chi connectivity index (χ3n) is 4.09. The average Bonchev–Trinajstić information content (AvgIpc) is 3.17. The molecule has 0 spiro atoms. The van der Waals surface area contributed by atoms with Crippen LogP contribution >= 0.6 is 23.1 Å². The number of carbonyl (C=O) groups excluding carboxylic acids is 2. The topological polar surface area (TPSA) is 74.9 Å². The number of benzene rings is 1. The third-order valence-corrected chi connectivity index (χ3v) is 6.49. The normalized spacial score (nSPS) is 13.7. The van der Waals surface area contributed by atoms with E-state index >= 15 is 0 Å². The zero-order valence-electron chi connectivity index (χ0n) is 16.5. The summed E-state index contributed by atoms with van der Waals surface area (Å²) in [5.74, 6) is 0.911. The molecule has 1 aliphatic heterocycles. The predicted molar refractivity (Wildman–Crippen MR) is 106 cm³/mol. The minimum atomic E-state index is -0.407. The lowest BCUT2D eigenvalue weighted by atomic mass is 10.1. The number of carbonyl (C=O) groups is 2. The molecule has 0 saturated carbocycles. The van der Waals surface area contributed by atoms with E-state index in [2.05, 4.69) is 0 Å². The highest BCUT2D eigenvalue weighted by Crippen LogP contribution is 2.41. The SMILES string of the molecule is CCOC(=O)c1sc2[n+](c1C)C(=O)/C(=C/c1cc(OC)c(OC)c(OC)c1)S2.[Cl-]. The number of aromatic nitrogens is 1. The number of hydrogen-bond donors (Lipinski definition) is 0. The first-order valence-corrected chi connectivity index (χ1v) is 10.0. The minimum absolute atomic E-state index is 0. The molecule has 0 atom stereocenters. The van der Waals surface area contributed by atoms with Gasteiger partial charge in [0, 0.05) is 18.7 Å². The number of nitrogens with zero attached hydrogens (tertiary/aromatic N) is 1. The summed E-state index contributed by atoms with van der Waals surface area (Å²) >= 11 is 2.58. The Morgan fingerprint density at radius 3 is 2.24 bits per heavy atom. The average molecular weight is 458 g/mol. The summed E-state index contributed by atoms with van der Waals surface area (Å²) in [5.41, 5.74) is 1.33. The lowest BCUT2D eigenvalue weighted by molar-refractivity contribution is -0.606. The number of ether oxygens (including phenoxy) is 4. The van der Waals surface area contributed by atoms with Crippen LogP contribution < -0.4 is 31.2 Å². The van der Waals surface area contributed by atoms with Gasteiger partial charge in [0.25, 0.3) is 0 Å². The molecule has 0 saturated heterocycles. The molecule has 0 aliphatic carbocycles. The van der Waals surface area contributed by atoms with Crippen molar-refractivity contribution in [2.45, 2.75) is 18.2 Å². The fraction of sp³-hybridized carbons (Fsp3) is 0.316. The van der Waals surface area contributed by atoms with Crippen LogP contribution in [0.2, 0.25) is 0 Å². The standard InChI is InChI=1S/C19H20NO6S2.ClH/c1-6-26-18(22)16-10(2)20-17(21)14(27-19(20)28-16)9-11-7-12(23-3)15(25-5)13(8-11)24-4;/h7-9H,6H2,1-5H3;1H/q+1;/p-1/b14-9-;. The van der Waals surface area contributed by atoms with E-state index in [4.69, 9.17) is 18.9 Å². The molecule has 0 amide bonds. The molecule has 7 nitrogen and oxygen atoms in total. The highest BCUT2D eigenvalue weighted by molar-refractivity contribution is 8.05. The van der Waals surface area contributed by atoms with Crippen molar-refractivity contribution in [2.75, 3.05) is 27.9 Å². The fourth-order valence-corrected chi connectivity index (χ4v) is 5.23. The van der Waals surface area contributed by atoms with Crippen LogP contribution in [0.5, 0.6) is 17.2 Å². The van der Waals surface area contributed by atoms with Crippen LogP contribution in [0.3, 0.4) is 0 Å². The molecule has 0 bridgehead atoms. The molecule has 10 heteroatoms. The second kappa shape index (κ2) is 9.51. The Hall–Kier alpha value is -2.23. The number of allylic oxidation sites excluding steroid dienone is 1. The number of hydrogen-bond acceptors (Lipinski definition) is 8. The van der Waals surface area contributed by atoms with Gasteiger partial charge in [0.05, 0.1) is 27.9 Å². The van der Waals surface area contributed by atoms with Crippen LogP contribution in [0.25, 0.3) is 6.08 Å². The van der Waals surface area contributed by atoms with Crippen LogP contribution in [0.1, 0.15) is 32.6 Å². The molecule has 0 fully saturated rings. The Bertz CT molecular complexity index is 960. The zero-order valence-corrected chi connectivity index (χ0v) is 18.9. The van der Waals surface area contributed by atoms with Gasteiger partial charge in [0.2, 0.25) is 11.4 Å². The Kier molecular flexibility index (Phi) is 7.56. The lowest BCUT2D eigenvalue weighted by Crippen LogP contribution is -3.00. The summed E-state index contributed by atoms with van der Waals surface area (Å²) < 4.78 is 23.4. The summed E-state index contributed by atoms with van der Waals surface area (Å²) in [6.07, 6.45) is 1.76. The number of fused-ring (bicyclic) bond motifs is 1. The maximum Gasteiger partial charge on any atom is 0.433 e. The van der Waals surface area contributed by atoms with Crippen molar-refractivity contribution in [1.29, 1.82) is 0 Å². The number of halogens is 1. The molecule has 3 rings (SSSR count). The first-order chi connectivity index (χ1) is 13.4. The molecule has 156 valence electrons. The monoisotopic (exact) mass is 457 g/mol. The number of thiazole rings is 1. The van der Waals surface area contributed by atoms with Gasteiger partial charge in [-0.25, -0.2) is 9.59 Å². The summed E-state index contributed by atoms with van der Waals surface area (Å²) in [6, 6.07) is 3.55. The number of thioether (sulfide) groups is 1. The molecule has 0 radical (unpaired) electrons. The first kappa shape index (κ1) is 23.1. The Labute approximate surface area is 183 Å². The van der Waals surface area contributed by atoms with Crippen molar-refractivity contribution in [3.8, 4) is 17.2 Å². The van der Waals surface area contributed by atoms with Gasteiger partial charge in [-0.2, -0.15) is 0 Å². The molecular formula is C19H20ClNO6S2. The quantitative estimate of drug-likeness (QED) is 0.352. The summed E-state index contributed by atoms with van der Waals surface area (Å²) in [4.78, 5) is 25.9. The summed E-state index contributed by atoms with van der Waals surface area (Å²) in [5, 5.41) is 0. The molecule has 2 heterocycles. The second-order valence-corrected chi connectivity index (χ2v) is 8.00. The maximum atomic E-state index is 12.9. The highest BCUT2D eigenvalue weighted by atomic mass is 35.5.